The molecule has 0 aliphatic heterocycles. The van der Waals surface area contributed by atoms with E-state index < -0.39 is 17.6 Å². The molecule has 1 unspecified atom stereocenters. The van der Waals surface area contributed by atoms with Crippen LogP contribution in [0.2, 0.25) is 0 Å². The molecule has 1 aromatic heterocycles. The number of nitrogens with one attached hydrogen (secondary N) is 1. The van der Waals surface area contributed by atoms with Gasteiger partial charge in [-0.3, -0.25) is 9.59 Å². The minimum Gasteiger partial charge on any atom is -0.457 e. The highest BCUT2D eigenvalue weighted by Crippen LogP contribution is 2.18. The SMILES string of the molecule is N#CC(C(=O)Nc1ccccc1)C(=O)c1coc(Br)c1. The van der Waals surface area contributed by atoms with Crippen molar-refractivity contribution in [2.45, 2.75) is 0 Å². The van der Waals surface area contributed by atoms with E-state index in [2.05, 4.69) is 21.2 Å². The Morgan fingerprint density at radius 2 is 2.00 bits per heavy atom. The fourth-order valence-corrected chi connectivity index (χ4v) is 1.92. The van der Waals surface area contributed by atoms with E-state index in [0.29, 0.717) is 10.4 Å². The Morgan fingerprint density at radius 1 is 1.30 bits per heavy atom. The maximum Gasteiger partial charge on any atom is 0.249 e. The molecule has 2 rings (SSSR count). The molecule has 1 atom stereocenters. The minimum absolute atomic E-state index is 0.173. The van der Waals surface area contributed by atoms with E-state index in [9.17, 15) is 9.59 Å². The van der Waals surface area contributed by atoms with Crippen LogP contribution in [0.1, 0.15) is 10.4 Å². The van der Waals surface area contributed by atoms with Gasteiger partial charge in [-0.05, 0) is 28.1 Å². The fourth-order valence-electron chi connectivity index (χ4n) is 1.58. The molecule has 1 aromatic carbocycles. The standard InChI is InChI=1S/C14H9BrN2O3/c15-12-6-9(8-20-12)13(18)11(7-16)14(19)17-10-4-2-1-3-5-10/h1-6,8,11H,(H,17,19). The molecule has 0 bridgehead atoms. The van der Waals surface area contributed by atoms with Crippen LogP contribution < -0.4 is 5.32 Å². The van der Waals surface area contributed by atoms with Crippen LogP contribution >= 0.6 is 15.9 Å². The molecule has 1 amide bonds. The number of rotatable bonds is 4. The second kappa shape index (κ2) is 6.17. The number of nitriles is 1. The summed E-state index contributed by atoms with van der Waals surface area (Å²) in [7, 11) is 0. The first kappa shape index (κ1) is 14.0. The Hall–Kier alpha value is -2.39. The van der Waals surface area contributed by atoms with Crippen molar-refractivity contribution in [3.05, 3.63) is 52.9 Å². The normalized spacial score (nSPS) is 11.4. The molecule has 2 aromatic rings. The average molecular weight is 333 g/mol. The van der Waals surface area contributed by atoms with E-state index in [4.69, 9.17) is 9.68 Å². The average Bonchev–Trinajstić information content (AvgIpc) is 2.87. The van der Waals surface area contributed by atoms with Gasteiger partial charge in [-0.15, -0.1) is 0 Å². The van der Waals surface area contributed by atoms with Crippen molar-refractivity contribution in [1.29, 1.82) is 5.26 Å². The zero-order valence-electron chi connectivity index (χ0n) is 10.2. The molecule has 0 aliphatic rings. The van der Waals surface area contributed by atoms with E-state index in [-0.39, 0.29) is 5.56 Å². The first-order valence-corrected chi connectivity index (χ1v) is 6.45. The number of para-hydroxylation sites is 1. The number of hydrogen-bond acceptors (Lipinski definition) is 4. The van der Waals surface area contributed by atoms with Crippen molar-refractivity contribution in [3.63, 3.8) is 0 Å². The van der Waals surface area contributed by atoms with Crippen molar-refractivity contribution in [3.8, 4) is 6.07 Å². The highest BCUT2D eigenvalue weighted by atomic mass is 79.9. The largest absolute Gasteiger partial charge is 0.457 e. The third-order valence-corrected chi connectivity index (χ3v) is 2.96. The summed E-state index contributed by atoms with van der Waals surface area (Å²) in [5.74, 6) is -2.68. The quantitative estimate of drug-likeness (QED) is 0.689. The number of carbonyl (C=O) groups is 2. The summed E-state index contributed by atoms with van der Waals surface area (Å²) in [5.41, 5.74) is 0.700. The number of nitrogens with zero attached hydrogens (tertiary/aromatic N) is 1. The van der Waals surface area contributed by atoms with Crippen LogP contribution in [0.15, 0.2) is 51.7 Å². The number of furan rings is 1. The molecule has 0 aliphatic carbocycles. The first-order chi connectivity index (χ1) is 9.61. The van der Waals surface area contributed by atoms with Gasteiger partial charge in [0.15, 0.2) is 16.4 Å². The van der Waals surface area contributed by atoms with Crippen LogP contribution in [0.25, 0.3) is 0 Å². The third kappa shape index (κ3) is 3.13. The predicted octanol–water partition coefficient (Wildman–Crippen LogP) is 3.00. The van der Waals surface area contributed by atoms with Crippen molar-refractivity contribution in [2.75, 3.05) is 5.32 Å². The second-order valence-electron chi connectivity index (χ2n) is 3.92. The Kier molecular flexibility index (Phi) is 4.33. The summed E-state index contributed by atoms with van der Waals surface area (Å²) < 4.78 is 5.30. The molecule has 100 valence electrons. The van der Waals surface area contributed by atoms with Gasteiger partial charge in [0.2, 0.25) is 5.91 Å². The lowest BCUT2D eigenvalue weighted by molar-refractivity contribution is -0.117. The van der Waals surface area contributed by atoms with Gasteiger partial charge in [-0.1, -0.05) is 18.2 Å². The third-order valence-electron chi connectivity index (χ3n) is 2.55. The maximum absolute atomic E-state index is 12.1. The molecular formula is C14H9BrN2O3. The van der Waals surface area contributed by atoms with Gasteiger partial charge in [0, 0.05) is 11.8 Å². The van der Waals surface area contributed by atoms with Crippen LogP contribution in [-0.2, 0) is 4.79 Å². The molecule has 1 N–H and O–H groups in total. The first-order valence-electron chi connectivity index (χ1n) is 5.65. The van der Waals surface area contributed by atoms with Crippen molar-refractivity contribution >= 4 is 33.3 Å². The smallest absolute Gasteiger partial charge is 0.249 e. The van der Waals surface area contributed by atoms with Crippen molar-refractivity contribution in [2.24, 2.45) is 5.92 Å². The summed E-state index contributed by atoms with van der Waals surface area (Å²) in [6.07, 6.45) is 1.20. The molecule has 0 radical (unpaired) electrons. The highest BCUT2D eigenvalue weighted by molar-refractivity contribution is 9.10. The zero-order chi connectivity index (χ0) is 14.5. The van der Waals surface area contributed by atoms with E-state index >= 15 is 0 Å². The van der Waals surface area contributed by atoms with Crippen LogP contribution in [0.5, 0.6) is 0 Å². The molecule has 1 heterocycles. The van der Waals surface area contributed by atoms with Crippen molar-refractivity contribution < 1.29 is 14.0 Å². The highest BCUT2D eigenvalue weighted by Gasteiger charge is 2.28. The van der Waals surface area contributed by atoms with Gasteiger partial charge >= 0.3 is 0 Å². The summed E-state index contributed by atoms with van der Waals surface area (Å²) in [5, 5.41) is 11.6. The Labute approximate surface area is 123 Å². The Morgan fingerprint density at radius 3 is 2.55 bits per heavy atom. The number of benzene rings is 1. The second-order valence-corrected chi connectivity index (χ2v) is 4.70. The maximum atomic E-state index is 12.1. The lowest BCUT2D eigenvalue weighted by Gasteiger charge is -2.08. The predicted molar refractivity (Wildman–Crippen MR) is 74.9 cm³/mol. The van der Waals surface area contributed by atoms with Crippen LogP contribution in [0, 0.1) is 17.2 Å². The molecule has 0 fully saturated rings. The number of ketones is 1. The van der Waals surface area contributed by atoms with E-state index in [1.54, 1.807) is 36.4 Å². The monoisotopic (exact) mass is 332 g/mol. The lowest BCUT2D eigenvalue weighted by atomic mass is 10.0. The van der Waals surface area contributed by atoms with Gasteiger partial charge in [0.25, 0.3) is 0 Å². The number of anilines is 1. The van der Waals surface area contributed by atoms with Crippen LogP contribution in [-0.4, -0.2) is 11.7 Å². The number of Topliss-reactive ketones (excluding diaryl/α,β-unsaturated/α-hetero) is 1. The molecule has 0 saturated heterocycles. The van der Waals surface area contributed by atoms with Gasteiger partial charge in [-0.2, -0.15) is 5.26 Å². The summed E-state index contributed by atoms with van der Waals surface area (Å²) >= 11 is 3.06. The molecule has 0 saturated carbocycles. The minimum atomic E-state index is -1.42. The summed E-state index contributed by atoms with van der Waals surface area (Å²) in [6, 6.07) is 11.8. The van der Waals surface area contributed by atoms with Gasteiger partial charge < -0.3 is 9.73 Å². The molecule has 5 nitrogen and oxygen atoms in total. The van der Waals surface area contributed by atoms with E-state index in [1.807, 2.05) is 0 Å². The lowest BCUT2D eigenvalue weighted by Crippen LogP contribution is -2.28. The number of hydrogen-bond donors (Lipinski definition) is 1. The number of amides is 1. The number of halogens is 1. The van der Waals surface area contributed by atoms with Crippen LogP contribution in [0.4, 0.5) is 5.69 Å². The molecule has 6 heteroatoms. The Balaban J connectivity index is 2.14. The Bertz CT molecular complexity index is 673. The van der Waals surface area contributed by atoms with Gasteiger partial charge in [0.05, 0.1) is 11.6 Å². The van der Waals surface area contributed by atoms with Crippen molar-refractivity contribution in [1.82, 2.24) is 0 Å². The topological polar surface area (TPSA) is 83.1 Å². The molecule has 0 spiro atoms. The van der Waals surface area contributed by atoms with E-state index in [1.165, 1.54) is 12.3 Å². The van der Waals surface area contributed by atoms with Gasteiger partial charge in [0.1, 0.15) is 6.26 Å². The molecule has 20 heavy (non-hydrogen) atoms. The number of carbonyl (C=O) groups excluding carboxylic acids is 2. The molecular weight excluding hydrogens is 324 g/mol. The summed E-state index contributed by atoms with van der Waals surface area (Å²) in [4.78, 5) is 24.0. The fraction of sp³-hybridized carbons (Fsp3) is 0.0714. The van der Waals surface area contributed by atoms with E-state index in [0.717, 1.165) is 0 Å². The van der Waals surface area contributed by atoms with Gasteiger partial charge in [-0.25, -0.2) is 0 Å². The zero-order valence-corrected chi connectivity index (χ0v) is 11.8. The van der Waals surface area contributed by atoms with Crippen LogP contribution in [0.3, 0.4) is 0 Å². The summed E-state index contributed by atoms with van der Waals surface area (Å²) in [6.45, 7) is 0.